The van der Waals surface area contributed by atoms with Crippen LogP contribution in [0.25, 0.3) is 0 Å². The summed E-state index contributed by atoms with van der Waals surface area (Å²) in [6.45, 7) is 4.34. The molecule has 0 radical (unpaired) electrons. The Morgan fingerprint density at radius 1 is 0.935 bits per heavy atom. The molecule has 3 aromatic carbocycles. The average Bonchev–Trinajstić information content (AvgIpc) is 2.80. The molecule has 0 unspecified atom stereocenters. The monoisotopic (exact) mass is 415 g/mol. The molecule has 1 atom stereocenters. The van der Waals surface area contributed by atoms with Gasteiger partial charge in [-0.1, -0.05) is 60.2 Å². The minimum atomic E-state index is -0.822. The van der Waals surface area contributed by atoms with Crippen LogP contribution in [0.5, 0.6) is 5.75 Å². The second-order valence-electron chi connectivity index (χ2n) is 7.15. The SMILES string of the molecule is Cc1ccc(COc2ccc(/C=N\NC(=O)C(=O)N[C@H](C)c3ccccc3)cc2)cc1. The van der Waals surface area contributed by atoms with Crippen LogP contribution in [-0.2, 0) is 16.2 Å². The van der Waals surface area contributed by atoms with Crippen LogP contribution >= 0.6 is 0 Å². The molecular formula is C25H25N3O3. The molecule has 0 fully saturated rings. The zero-order valence-electron chi connectivity index (χ0n) is 17.5. The molecule has 2 N–H and O–H groups in total. The number of carbonyl (C=O) groups is 2. The number of hydrogen-bond acceptors (Lipinski definition) is 4. The van der Waals surface area contributed by atoms with Crippen LogP contribution in [0.15, 0.2) is 84.0 Å². The Hall–Kier alpha value is -3.93. The van der Waals surface area contributed by atoms with Crippen molar-refractivity contribution in [1.82, 2.24) is 10.7 Å². The lowest BCUT2D eigenvalue weighted by Gasteiger charge is -2.13. The van der Waals surface area contributed by atoms with Gasteiger partial charge in [-0.15, -0.1) is 0 Å². The largest absolute Gasteiger partial charge is 0.489 e. The van der Waals surface area contributed by atoms with E-state index in [1.807, 2.05) is 80.6 Å². The fourth-order valence-electron chi connectivity index (χ4n) is 2.80. The van der Waals surface area contributed by atoms with Crippen molar-refractivity contribution >= 4 is 18.0 Å². The molecule has 2 amide bonds. The topological polar surface area (TPSA) is 79.8 Å². The first-order chi connectivity index (χ1) is 15.0. The number of aryl methyl sites for hydroxylation is 1. The van der Waals surface area contributed by atoms with Crippen molar-refractivity contribution in [2.24, 2.45) is 5.10 Å². The molecule has 31 heavy (non-hydrogen) atoms. The summed E-state index contributed by atoms with van der Waals surface area (Å²) in [5.74, 6) is -0.832. The molecule has 0 bridgehead atoms. The van der Waals surface area contributed by atoms with Crippen LogP contribution in [0.2, 0.25) is 0 Å². The molecule has 0 aliphatic rings. The Balaban J connectivity index is 1.45. The van der Waals surface area contributed by atoms with Crippen molar-refractivity contribution in [2.75, 3.05) is 0 Å². The maximum absolute atomic E-state index is 12.0. The minimum absolute atomic E-state index is 0.282. The Labute approximate surface area is 182 Å². The summed E-state index contributed by atoms with van der Waals surface area (Å²) in [5.41, 5.74) is 6.23. The smallest absolute Gasteiger partial charge is 0.329 e. The van der Waals surface area contributed by atoms with Gasteiger partial charge in [0.2, 0.25) is 0 Å². The summed E-state index contributed by atoms with van der Waals surface area (Å²) >= 11 is 0. The number of benzene rings is 3. The van der Waals surface area contributed by atoms with Crippen molar-refractivity contribution < 1.29 is 14.3 Å². The molecule has 0 spiro atoms. The van der Waals surface area contributed by atoms with Crippen molar-refractivity contribution in [3.63, 3.8) is 0 Å². The van der Waals surface area contributed by atoms with Gasteiger partial charge in [0.25, 0.3) is 0 Å². The maximum Gasteiger partial charge on any atom is 0.329 e. The first-order valence-electron chi connectivity index (χ1n) is 9.98. The molecule has 0 saturated carbocycles. The van der Waals surface area contributed by atoms with Gasteiger partial charge in [0.1, 0.15) is 12.4 Å². The van der Waals surface area contributed by atoms with Gasteiger partial charge in [-0.3, -0.25) is 9.59 Å². The number of amides is 2. The highest BCUT2D eigenvalue weighted by Crippen LogP contribution is 2.14. The Morgan fingerprint density at radius 2 is 1.61 bits per heavy atom. The number of ether oxygens (including phenoxy) is 1. The van der Waals surface area contributed by atoms with Gasteiger partial charge in [0.05, 0.1) is 12.3 Å². The van der Waals surface area contributed by atoms with Crippen LogP contribution in [0, 0.1) is 6.92 Å². The Morgan fingerprint density at radius 3 is 2.29 bits per heavy atom. The summed E-state index contributed by atoms with van der Waals surface area (Å²) in [4.78, 5) is 23.9. The zero-order valence-corrected chi connectivity index (χ0v) is 17.5. The van der Waals surface area contributed by atoms with E-state index in [9.17, 15) is 9.59 Å². The van der Waals surface area contributed by atoms with E-state index in [1.54, 1.807) is 0 Å². The molecule has 3 rings (SSSR count). The first-order valence-corrected chi connectivity index (χ1v) is 9.98. The number of carbonyl (C=O) groups excluding carboxylic acids is 2. The second-order valence-corrected chi connectivity index (χ2v) is 7.15. The average molecular weight is 415 g/mol. The normalized spacial score (nSPS) is 11.7. The fraction of sp³-hybridized carbons (Fsp3) is 0.160. The fourth-order valence-corrected chi connectivity index (χ4v) is 2.80. The molecule has 6 nitrogen and oxygen atoms in total. The van der Waals surface area contributed by atoms with E-state index in [0.717, 1.165) is 22.4 Å². The molecule has 0 aliphatic heterocycles. The summed E-state index contributed by atoms with van der Waals surface area (Å²) in [7, 11) is 0. The molecule has 158 valence electrons. The molecule has 6 heteroatoms. The molecule has 0 saturated heterocycles. The maximum atomic E-state index is 12.0. The number of nitrogens with one attached hydrogen (secondary N) is 2. The summed E-state index contributed by atoms with van der Waals surface area (Å²) in [5, 5.41) is 6.49. The molecule has 3 aromatic rings. The number of hydrogen-bond donors (Lipinski definition) is 2. The first kappa shape index (κ1) is 21.8. The van der Waals surface area contributed by atoms with Gasteiger partial charge in [-0.25, -0.2) is 5.43 Å². The standard InChI is InChI=1S/C25H25N3O3/c1-18-8-10-21(11-9-18)17-31-23-14-12-20(13-15-23)16-26-28-25(30)24(29)27-19(2)22-6-4-3-5-7-22/h3-16,19H,17H2,1-2H3,(H,27,29)(H,28,30)/b26-16-/t19-/m1/s1. The number of nitrogens with zero attached hydrogens (tertiary/aromatic N) is 1. The zero-order chi connectivity index (χ0) is 22.1. The highest BCUT2D eigenvalue weighted by atomic mass is 16.5. The lowest BCUT2D eigenvalue weighted by atomic mass is 10.1. The van der Waals surface area contributed by atoms with Crippen LogP contribution < -0.4 is 15.5 Å². The van der Waals surface area contributed by atoms with Crippen molar-refractivity contribution in [3.8, 4) is 5.75 Å². The molecule has 0 aromatic heterocycles. The van der Waals surface area contributed by atoms with Crippen LogP contribution in [0.3, 0.4) is 0 Å². The van der Waals surface area contributed by atoms with Crippen molar-refractivity contribution in [1.29, 1.82) is 0 Å². The van der Waals surface area contributed by atoms with Gasteiger partial charge < -0.3 is 10.1 Å². The van der Waals surface area contributed by atoms with Crippen LogP contribution in [0.1, 0.15) is 35.2 Å². The third kappa shape index (κ3) is 6.82. The van der Waals surface area contributed by atoms with Gasteiger partial charge in [0.15, 0.2) is 0 Å². The van der Waals surface area contributed by atoms with Crippen LogP contribution in [0.4, 0.5) is 0 Å². The van der Waals surface area contributed by atoms with Crippen LogP contribution in [-0.4, -0.2) is 18.0 Å². The lowest BCUT2D eigenvalue weighted by Crippen LogP contribution is -2.39. The van der Waals surface area contributed by atoms with Gasteiger partial charge >= 0.3 is 11.8 Å². The Kier molecular flexibility index (Phi) is 7.54. The summed E-state index contributed by atoms with van der Waals surface area (Å²) in [6, 6.07) is 24.6. The quantitative estimate of drug-likeness (QED) is 0.349. The van der Waals surface area contributed by atoms with Gasteiger partial charge in [-0.2, -0.15) is 5.10 Å². The predicted octanol–water partition coefficient (Wildman–Crippen LogP) is 3.90. The van der Waals surface area contributed by atoms with E-state index in [-0.39, 0.29) is 6.04 Å². The van der Waals surface area contributed by atoms with E-state index < -0.39 is 11.8 Å². The highest BCUT2D eigenvalue weighted by molar-refractivity contribution is 6.35. The highest BCUT2D eigenvalue weighted by Gasteiger charge is 2.16. The molecule has 0 aliphatic carbocycles. The summed E-state index contributed by atoms with van der Waals surface area (Å²) in [6.07, 6.45) is 1.47. The number of rotatable bonds is 7. The third-order valence-corrected chi connectivity index (χ3v) is 4.64. The van der Waals surface area contributed by atoms with Gasteiger partial charge in [0, 0.05) is 0 Å². The van der Waals surface area contributed by atoms with E-state index in [2.05, 4.69) is 28.0 Å². The predicted molar refractivity (Wildman–Crippen MR) is 121 cm³/mol. The number of hydrazone groups is 1. The molecular weight excluding hydrogens is 390 g/mol. The lowest BCUT2D eigenvalue weighted by molar-refractivity contribution is -0.139. The third-order valence-electron chi connectivity index (χ3n) is 4.64. The van der Waals surface area contributed by atoms with Gasteiger partial charge in [-0.05, 0) is 54.8 Å². The molecule has 0 heterocycles. The Bertz CT molecular complexity index is 1030. The van der Waals surface area contributed by atoms with E-state index in [1.165, 1.54) is 11.8 Å². The minimum Gasteiger partial charge on any atom is -0.489 e. The van der Waals surface area contributed by atoms with Crippen molar-refractivity contribution in [2.45, 2.75) is 26.5 Å². The van der Waals surface area contributed by atoms with E-state index in [0.29, 0.717) is 6.61 Å². The second kappa shape index (κ2) is 10.7. The summed E-state index contributed by atoms with van der Waals surface area (Å²) < 4.78 is 5.77. The van der Waals surface area contributed by atoms with E-state index in [4.69, 9.17) is 4.74 Å². The van der Waals surface area contributed by atoms with Crippen molar-refractivity contribution in [3.05, 3.63) is 101 Å². The van der Waals surface area contributed by atoms with E-state index >= 15 is 0 Å².